The Morgan fingerprint density at radius 2 is 2.06 bits per heavy atom. The van der Waals surface area contributed by atoms with E-state index in [0.29, 0.717) is 12.1 Å². The molecule has 0 radical (unpaired) electrons. The van der Waals surface area contributed by atoms with E-state index < -0.39 is 0 Å². The molecule has 1 amide bonds. The summed E-state index contributed by atoms with van der Waals surface area (Å²) in [4.78, 5) is 11.9. The van der Waals surface area contributed by atoms with Crippen LogP contribution in [0.2, 0.25) is 0 Å². The first-order chi connectivity index (χ1) is 8.67. The zero-order valence-electron chi connectivity index (χ0n) is 11.2. The van der Waals surface area contributed by atoms with E-state index in [1.165, 1.54) is 19.3 Å². The second-order valence-electron chi connectivity index (χ2n) is 6.25. The Hall–Kier alpha value is -0.610. The molecule has 102 valence electrons. The Balaban J connectivity index is 1.47. The van der Waals surface area contributed by atoms with Crippen molar-refractivity contribution in [2.45, 2.75) is 75.6 Å². The maximum absolute atomic E-state index is 11.9. The standard InChI is InChI=1S/C14H24N2O2/c1-10(13(17)16-11-3-4-11)15-12-5-8-18-14(9-12)6-2-7-14/h10-12,15H,2-9H2,1H3,(H,16,17). The summed E-state index contributed by atoms with van der Waals surface area (Å²) in [6, 6.07) is 0.819. The maximum atomic E-state index is 11.9. The number of carbonyl (C=O) groups excluding carboxylic acids is 1. The molecule has 3 rings (SSSR count). The van der Waals surface area contributed by atoms with Crippen molar-refractivity contribution in [3.63, 3.8) is 0 Å². The number of carbonyl (C=O) groups is 1. The van der Waals surface area contributed by atoms with Crippen LogP contribution in [-0.4, -0.2) is 36.2 Å². The van der Waals surface area contributed by atoms with E-state index in [1.54, 1.807) is 0 Å². The molecule has 2 N–H and O–H groups in total. The third-order valence-corrected chi connectivity index (χ3v) is 4.56. The Labute approximate surface area is 109 Å². The molecule has 1 aliphatic heterocycles. The van der Waals surface area contributed by atoms with Crippen molar-refractivity contribution in [3.05, 3.63) is 0 Å². The molecule has 2 unspecified atom stereocenters. The fraction of sp³-hybridized carbons (Fsp3) is 0.929. The van der Waals surface area contributed by atoms with Gasteiger partial charge in [-0.25, -0.2) is 0 Å². The second kappa shape index (κ2) is 4.82. The zero-order chi connectivity index (χ0) is 12.6. The summed E-state index contributed by atoms with van der Waals surface area (Å²) in [6.07, 6.45) is 8.11. The molecule has 4 nitrogen and oxygen atoms in total. The molecule has 1 heterocycles. The molecule has 0 aromatic rings. The van der Waals surface area contributed by atoms with Crippen molar-refractivity contribution in [2.75, 3.05) is 6.61 Å². The Morgan fingerprint density at radius 1 is 1.28 bits per heavy atom. The van der Waals surface area contributed by atoms with Crippen LogP contribution in [0.3, 0.4) is 0 Å². The van der Waals surface area contributed by atoms with Crippen LogP contribution in [0.1, 0.15) is 51.9 Å². The van der Waals surface area contributed by atoms with Crippen LogP contribution >= 0.6 is 0 Å². The third kappa shape index (κ3) is 2.69. The van der Waals surface area contributed by atoms with E-state index in [4.69, 9.17) is 4.74 Å². The highest BCUT2D eigenvalue weighted by molar-refractivity contribution is 5.81. The maximum Gasteiger partial charge on any atom is 0.237 e. The van der Waals surface area contributed by atoms with Crippen molar-refractivity contribution in [1.82, 2.24) is 10.6 Å². The lowest BCUT2D eigenvalue weighted by atomic mass is 9.74. The van der Waals surface area contributed by atoms with Crippen LogP contribution in [0.25, 0.3) is 0 Å². The van der Waals surface area contributed by atoms with Crippen molar-refractivity contribution in [2.24, 2.45) is 0 Å². The van der Waals surface area contributed by atoms with E-state index in [1.807, 2.05) is 6.92 Å². The van der Waals surface area contributed by atoms with Gasteiger partial charge >= 0.3 is 0 Å². The van der Waals surface area contributed by atoms with Crippen molar-refractivity contribution in [1.29, 1.82) is 0 Å². The molecule has 0 aromatic carbocycles. The predicted molar refractivity (Wildman–Crippen MR) is 69.3 cm³/mol. The average Bonchev–Trinajstić information content (AvgIpc) is 3.11. The highest BCUT2D eigenvalue weighted by atomic mass is 16.5. The molecule has 3 aliphatic rings. The minimum atomic E-state index is -0.0779. The topological polar surface area (TPSA) is 50.4 Å². The van der Waals surface area contributed by atoms with Crippen molar-refractivity contribution in [3.8, 4) is 0 Å². The van der Waals surface area contributed by atoms with Crippen LogP contribution in [0.15, 0.2) is 0 Å². The lowest BCUT2D eigenvalue weighted by Gasteiger charge is -2.47. The molecule has 1 saturated heterocycles. The Morgan fingerprint density at radius 3 is 2.67 bits per heavy atom. The fourth-order valence-electron chi connectivity index (χ4n) is 3.07. The zero-order valence-corrected chi connectivity index (χ0v) is 11.2. The monoisotopic (exact) mass is 252 g/mol. The van der Waals surface area contributed by atoms with Crippen LogP contribution in [0.5, 0.6) is 0 Å². The summed E-state index contributed by atoms with van der Waals surface area (Å²) in [6.45, 7) is 2.81. The van der Waals surface area contributed by atoms with Gasteiger partial charge < -0.3 is 15.4 Å². The largest absolute Gasteiger partial charge is 0.375 e. The molecule has 1 spiro atoms. The summed E-state index contributed by atoms with van der Waals surface area (Å²) in [5.41, 5.74) is 0.155. The second-order valence-corrected chi connectivity index (χ2v) is 6.25. The van der Waals surface area contributed by atoms with Gasteiger partial charge in [-0.2, -0.15) is 0 Å². The van der Waals surface area contributed by atoms with Crippen molar-refractivity contribution >= 4 is 5.91 Å². The summed E-state index contributed by atoms with van der Waals surface area (Å²) < 4.78 is 5.91. The van der Waals surface area contributed by atoms with Gasteiger partial charge in [-0.05, 0) is 51.9 Å². The molecule has 0 bridgehead atoms. The van der Waals surface area contributed by atoms with Gasteiger partial charge in [-0.1, -0.05) is 0 Å². The van der Waals surface area contributed by atoms with Crippen LogP contribution in [0.4, 0.5) is 0 Å². The minimum absolute atomic E-state index is 0.0779. The molecule has 0 aromatic heterocycles. The highest BCUT2D eigenvalue weighted by Gasteiger charge is 2.42. The molecular weight excluding hydrogens is 228 g/mol. The lowest BCUT2D eigenvalue weighted by Crippen LogP contribution is -2.54. The molecule has 18 heavy (non-hydrogen) atoms. The number of hydrogen-bond donors (Lipinski definition) is 2. The van der Waals surface area contributed by atoms with E-state index in [2.05, 4.69) is 10.6 Å². The van der Waals surface area contributed by atoms with Gasteiger partial charge in [0, 0.05) is 18.7 Å². The smallest absolute Gasteiger partial charge is 0.237 e. The minimum Gasteiger partial charge on any atom is -0.375 e. The van der Waals surface area contributed by atoms with Gasteiger partial charge in [-0.3, -0.25) is 4.79 Å². The molecular formula is C14H24N2O2. The summed E-state index contributed by atoms with van der Waals surface area (Å²) in [5, 5.41) is 6.54. The molecule has 3 fully saturated rings. The van der Waals surface area contributed by atoms with E-state index in [0.717, 1.165) is 32.3 Å². The first kappa shape index (κ1) is 12.4. The quantitative estimate of drug-likeness (QED) is 0.794. The lowest BCUT2D eigenvalue weighted by molar-refractivity contribution is -0.138. The predicted octanol–water partition coefficient (Wildman–Crippen LogP) is 1.34. The van der Waals surface area contributed by atoms with Crippen molar-refractivity contribution < 1.29 is 9.53 Å². The first-order valence-corrected chi connectivity index (χ1v) is 7.37. The highest BCUT2D eigenvalue weighted by Crippen LogP contribution is 2.42. The number of amides is 1. The van der Waals surface area contributed by atoms with Crippen LogP contribution in [0, 0.1) is 0 Å². The number of ether oxygens (including phenoxy) is 1. The summed E-state index contributed by atoms with van der Waals surface area (Å²) in [7, 11) is 0. The van der Waals surface area contributed by atoms with Gasteiger partial charge in [0.15, 0.2) is 0 Å². The van der Waals surface area contributed by atoms with Gasteiger partial charge in [0.25, 0.3) is 0 Å². The number of hydrogen-bond acceptors (Lipinski definition) is 3. The molecule has 2 aliphatic carbocycles. The number of nitrogens with one attached hydrogen (secondary N) is 2. The van der Waals surface area contributed by atoms with Gasteiger partial charge in [-0.15, -0.1) is 0 Å². The average molecular weight is 252 g/mol. The SMILES string of the molecule is CC(NC1CCOC2(CCC2)C1)C(=O)NC1CC1. The molecule has 2 atom stereocenters. The Kier molecular flexibility index (Phi) is 3.32. The van der Waals surface area contributed by atoms with Gasteiger partial charge in [0.05, 0.1) is 11.6 Å². The van der Waals surface area contributed by atoms with Crippen LogP contribution in [-0.2, 0) is 9.53 Å². The molecule has 2 saturated carbocycles. The molecule has 4 heteroatoms. The van der Waals surface area contributed by atoms with Gasteiger partial charge in [0.1, 0.15) is 0 Å². The summed E-state index contributed by atoms with van der Waals surface area (Å²) >= 11 is 0. The van der Waals surface area contributed by atoms with E-state index >= 15 is 0 Å². The van der Waals surface area contributed by atoms with Gasteiger partial charge in [0.2, 0.25) is 5.91 Å². The fourth-order valence-corrected chi connectivity index (χ4v) is 3.07. The summed E-state index contributed by atoms with van der Waals surface area (Å²) in [5.74, 6) is 0.159. The van der Waals surface area contributed by atoms with E-state index in [9.17, 15) is 4.79 Å². The van der Waals surface area contributed by atoms with E-state index in [-0.39, 0.29) is 17.6 Å². The number of rotatable bonds is 4. The Bertz CT molecular complexity index is 324. The third-order valence-electron chi connectivity index (χ3n) is 4.56. The normalized spacial score (nSPS) is 31.7. The first-order valence-electron chi connectivity index (χ1n) is 7.37. The van der Waals surface area contributed by atoms with Crippen LogP contribution < -0.4 is 10.6 Å².